The molecule has 2 N–H and O–H groups in total. The van der Waals surface area contributed by atoms with Crippen LogP contribution in [0.4, 0.5) is 5.69 Å². The topological polar surface area (TPSA) is 76.0 Å². The van der Waals surface area contributed by atoms with E-state index >= 15 is 0 Å². The second-order valence-electron chi connectivity index (χ2n) is 6.88. The molecule has 1 aromatic carbocycles. The minimum atomic E-state index is -0.317. The van der Waals surface area contributed by atoms with E-state index in [4.69, 9.17) is 11.6 Å². The number of nitrogens with one attached hydrogen (secondary N) is 2. The highest BCUT2D eigenvalue weighted by Crippen LogP contribution is 2.24. The molecule has 0 spiro atoms. The van der Waals surface area contributed by atoms with Crippen LogP contribution in [0.1, 0.15) is 59.1 Å². The average Bonchev–Trinajstić information content (AvgIpc) is 2.96. The number of imidazole rings is 1. The number of nitrogens with zero attached hydrogens (tertiary/aromatic N) is 2. The first kappa shape index (κ1) is 18.5. The number of aromatic nitrogens is 2. The molecule has 0 radical (unpaired) electrons. The lowest BCUT2D eigenvalue weighted by atomic mass is 10.1. The molecule has 0 bridgehead atoms. The van der Waals surface area contributed by atoms with Crippen molar-refractivity contribution in [3.8, 4) is 0 Å². The Kier molecular flexibility index (Phi) is 5.32. The zero-order valence-corrected chi connectivity index (χ0v) is 16.0. The fourth-order valence-corrected chi connectivity index (χ4v) is 3.40. The van der Waals surface area contributed by atoms with Crippen molar-refractivity contribution in [2.24, 2.45) is 0 Å². The minimum absolute atomic E-state index is 0.0115. The molecule has 1 aliphatic rings. The molecule has 0 saturated heterocycles. The average molecular weight is 375 g/mol. The van der Waals surface area contributed by atoms with Crippen molar-refractivity contribution in [1.29, 1.82) is 0 Å². The van der Waals surface area contributed by atoms with Gasteiger partial charge in [0.05, 0.1) is 5.69 Å². The van der Waals surface area contributed by atoms with E-state index in [1.54, 1.807) is 18.2 Å². The van der Waals surface area contributed by atoms with Gasteiger partial charge in [-0.15, -0.1) is 0 Å². The number of hydrogen-bond donors (Lipinski definition) is 2. The van der Waals surface area contributed by atoms with Crippen LogP contribution in [-0.4, -0.2) is 27.4 Å². The molecule has 1 aromatic heterocycles. The maximum atomic E-state index is 12.8. The predicted octanol–water partition coefficient (Wildman–Crippen LogP) is 3.57. The van der Waals surface area contributed by atoms with E-state index in [0.717, 1.165) is 30.5 Å². The van der Waals surface area contributed by atoms with E-state index in [1.165, 1.54) is 0 Å². The summed E-state index contributed by atoms with van der Waals surface area (Å²) < 4.78 is 1.87. The summed E-state index contributed by atoms with van der Waals surface area (Å²) in [6.45, 7) is 6.37. The number of carbonyl (C=O) groups excluding carboxylic acids is 2. The van der Waals surface area contributed by atoms with Crippen LogP contribution < -0.4 is 10.6 Å². The standard InChI is InChI=1S/C19H23ClN4O2/c1-11(2)21-18(25)16-15-6-4-5-9-24(15)17(23-16)19(26)22-14-8-7-13(20)10-12(14)3/h7-8,10-11H,4-6,9H2,1-3H3,(H,21,25)(H,22,26). The maximum Gasteiger partial charge on any atom is 0.291 e. The van der Waals surface area contributed by atoms with Crippen LogP contribution >= 0.6 is 11.6 Å². The normalized spacial score (nSPS) is 13.4. The number of carbonyl (C=O) groups is 2. The Morgan fingerprint density at radius 1 is 1.23 bits per heavy atom. The van der Waals surface area contributed by atoms with E-state index in [-0.39, 0.29) is 23.7 Å². The summed E-state index contributed by atoms with van der Waals surface area (Å²) in [4.78, 5) is 29.7. The molecule has 0 unspecified atom stereocenters. The summed E-state index contributed by atoms with van der Waals surface area (Å²) in [5.41, 5.74) is 2.75. The van der Waals surface area contributed by atoms with Crippen molar-refractivity contribution in [2.45, 2.75) is 52.6 Å². The zero-order chi connectivity index (χ0) is 18.8. The molecule has 2 aromatic rings. The van der Waals surface area contributed by atoms with Crippen LogP contribution in [0.2, 0.25) is 5.02 Å². The molecule has 2 heterocycles. The number of hydrogen-bond acceptors (Lipinski definition) is 3. The summed E-state index contributed by atoms with van der Waals surface area (Å²) >= 11 is 5.97. The van der Waals surface area contributed by atoms with Gasteiger partial charge in [-0.05, 0) is 63.8 Å². The third-order valence-electron chi connectivity index (χ3n) is 4.39. The van der Waals surface area contributed by atoms with Gasteiger partial charge >= 0.3 is 0 Å². The van der Waals surface area contributed by atoms with Gasteiger partial charge in [-0.25, -0.2) is 4.98 Å². The molecular formula is C19H23ClN4O2. The Bertz CT molecular complexity index is 857. The summed E-state index contributed by atoms with van der Waals surface area (Å²) in [6, 6.07) is 5.30. The predicted molar refractivity (Wildman–Crippen MR) is 102 cm³/mol. The lowest BCUT2D eigenvalue weighted by molar-refractivity contribution is 0.0937. The van der Waals surface area contributed by atoms with Gasteiger partial charge in [-0.3, -0.25) is 9.59 Å². The fourth-order valence-electron chi connectivity index (χ4n) is 3.17. The van der Waals surface area contributed by atoms with Gasteiger partial charge in [-0.1, -0.05) is 11.6 Å². The monoisotopic (exact) mass is 374 g/mol. The molecule has 138 valence electrons. The molecular weight excluding hydrogens is 352 g/mol. The van der Waals surface area contributed by atoms with Crippen molar-refractivity contribution >= 4 is 29.1 Å². The maximum absolute atomic E-state index is 12.8. The first-order chi connectivity index (χ1) is 12.4. The van der Waals surface area contributed by atoms with E-state index in [0.29, 0.717) is 22.9 Å². The first-order valence-corrected chi connectivity index (χ1v) is 9.22. The molecule has 7 heteroatoms. The van der Waals surface area contributed by atoms with Crippen LogP contribution in [0.3, 0.4) is 0 Å². The largest absolute Gasteiger partial charge is 0.348 e. The minimum Gasteiger partial charge on any atom is -0.348 e. The third kappa shape index (κ3) is 3.75. The van der Waals surface area contributed by atoms with Crippen LogP contribution in [0.25, 0.3) is 0 Å². The fraction of sp³-hybridized carbons (Fsp3) is 0.421. The van der Waals surface area contributed by atoms with Gasteiger partial charge in [0.1, 0.15) is 5.69 Å². The number of benzene rings is 1. The SMILES string of the molecule is Cc1cc(Cl)ccc1NC(=O)c1nc(C(=O)NC(C)C)c2n1CCCC2. The number of rotatable bonds is 4. The molecule has 2 amide bonds. The highest BCUT2D eigenvalue weighted by atomic mass is 35.5. The van der Waals surface area contributed by atoms with E-state index < -0.39 is 0 Å². The Morgan fingerprint density at radius 3 is 2.69 bits per heavy atom. The molecule has 0 fully saturated rings. The third-order valence-corrected chi connectivity index (χ3v) is 4.63. The first-order valence-electron chi connectivity index (χ1n) is 8.84. The van der Waals surface area contributed by atoms with E-state index in [2.05, 4.69) is 15.6 Å². The van der Waals surface area contributed by atoms with Crippen LogP contribution in [0, 0.1) is 6.92 Å². The number of halogens is 1. The summed E-state index contributed by atoms with van der Waals surface area (Å²) in [7, 11) is 0. The second kappa shape index (κ2) is 7.50. The summed E-state index contributed by atoms with van der Waals surface area (Å²) in [6.07, 6.45) is 2.71. The smallest absolute Gasteiger partial charge is 0.291 e. The summed E-state index contributed by atoms with van der Waals surface area (Å²) in [5, 5.41) is 6.37. The van der Waals surface area contributed by atoms with E-state index in [9.17, 15) is 9.59 Å². The van der Waals surface area contributed by atoms with Gasteiger partial charge in [0.15, 0.2) is 5.82 Å². The Balaban J connectivity index is 1.92. The molecule has 1 aliphatic heterocycles. The zero-order valence-electron chi connectivity index (χ0n) is 15.2. The van der Waals surface area contributed by atoms with Gasteiger partial charge in [0.25, 0.3) is 11.8 Å². The number of anilines is 1. The quantitative estimate of drug-likeness (QED) is 0.858. The van der Waals surface area contributed by atoms with Gasteiger partial charge < -0.3 is 15.2 Å². The van der Waals surface area contributed by atoms with Crippen molar-refractivity contribution in [3.63, 3.8) is 0 Å². The van der Waals surface area contributed by atoms with Crippen LogP contribution in [0.5, 0.6) is 0 Å². The van der Waals surface area contributed by atoms with Crippen molar-refractivity contribution in [2.75, 3.05) is 5.32 Å². The van der Waals surface area contributed by atoms with Gasteiger partial charge in [0.2, 0.25) is 0 Å². The number of amides is 2. The molecule has 0 atom stereocenters. The van der Waals surface area contributed by atoms with E-state index in [1.807, 2.05) is 25.3 Å². The highest BCUT2D eigenvalue weighted by Gasteiger charge is 2.27. The van der Waals surface area contributed by atoms with Gasteiger partial charge in [-0.2, -0.15) is 0 Å². The Hall–Kier alpha value is -2.34. The molecule has 3 rings (SSSR count). The van der Waals surface area contributed by atoms with Crippen molar-refractivity contribution in [3.05, 3.63) is 46.0 Å². The molecule has 26 heavy (non-hydrogen) atoms. The molecule has 6 nitrogen and oxygen atoms in total. The van der Waals surface area contributed by atoms with Crippen LogP contribution in [-0.2, 0) is 13.0 Å². The lowest BCUT2D eigenvalue weighted by Gasteiger charge is -2.17. The van der Waals surface area contributed by atoms with Crippen molar-refractivity contribution in [1.82, 2.24) is 14.9 Å². The Morgan fingerprint density at radius 2 is 2.00 bits per heavy atom. The second-order valence-corrected chi connectivity index (χ2v) is 7.32. The number of aryl methyl sites for hydroxylation is 1. The molecule has 0 saturated carbocycles. The number of fused-ring (bicyclic) bond motifs is 1. The Labute approximate surface area is 157 Å². The van der Waals surface area contributed by atoms with Gasteiger partial charge in [0, 0.05) is 23.3 Å². The van der Waals surface area contributed by atoms with Crippen molar-refractivity contribution < 1.29 is 9.59 Å². The van der Waals surface area contributed by atoms with Crippen LogP contribution in [0.15, 0.2) is 18.2 Å². The highest BCUT2D eigenvalue weighted by molar-refractivity contribution is 6.30. The molecule has 0 aliphatic carbocycles. The lowest BCUT2D eigenvalue weighted by Crippen LogP contribution is -2.31. The summed E-state index contributed by atoms with van der Waals surface area (Å²) in [5.74, 6) is -0.266.